The minimum absolute atomic E-state index is 0.130. The molecule has 0 aliphatic carbocycles. The number of rotatable bonds is 2. The number of ether oxygens (including phenoxy) is 1. The van der Waals surface area contributed by atoms with E-state index in [4.69, 9.17) is 4.74 Å². The van der Waals surface area contributed by atoms with Crippen LogP contribution in [0.2, 0.25) is 0 Å². The fraction of sp³-hybridized carbons (Fsp3) is 0.294. The largest absolute Gasteiger partial charge is 0.493 e. The van der Waals surface area contributed by atoms with Crippen LogP contribution in [0, 0.1) is 12.7 Å². The summed E-state index contributed by atoms with van der Waals surface area (Å²) in [6.45, 7) is 2.58. The van der Waals surface area contributed by atoms with E-state index in [1.807, 2.05) is 24.3 Å². The van der Waals surface area contributed by atoms with Gasteiger partial charge in [-0.2, -0.15) is 0 Å². The van der Waals surface area contributed by atoms with Crippen LogP contribution in [0.3, 0.4) is 0 Å². The van der Waals surface area contributed by atoms with Crippen molar-refractivity contribution >= 4 is 15.9 Å². The van der Waals surface area contributed by atoms with E-state index in [2.05, 4.69) is 22.0 Å². The van der Waals surface area contributed by atoms with Gasteiger partial charge in [0.1, 0.15) is 11.6 Å². The third-order valence-corrected chi connectivity index (χ3v) is 4.74. The minimum atomic E-state index is -0.136. The summed E-state index contributed by atoms with van der Waals surface area (Å²) in [5, 5.41) is 0. The number of benzene rings is 2. The van der Waals surface area contributed by atoms with Gasteiger partial charge in [-0.1, -0.05) is 46.3 Å². The maximum Gasteiger partial charge on any atom is 0.130 e. The number of alkyl halides is 1. The van der Waals surface area contributed by atoms with Crippen molar-refractivity contribution in [2.45, 2.75) is 24.6 Å². The lowest BCUT2D eigenvalue weighted by Gasteiger charge is -2.20. The summed E-state index contributed by atoms with van der Waals surface area (Å²) in [4.78, 5) is -0.130. The Morgan fingerprint density at radius 3 is 2.95 bits per heavy atom. The average molecular weight is 335 g/mol. The van der Waals surface area contributed by atoms with Crippen molar-refractivity contribution in [3.63, 3.8) is 0 Å². The molecule has 104 valence electrons. The first-order valence-electron chi connectivity index (χ1n) is 6.81. The molecular weight excluding hydrogens is 319 g/mol. The van der Waals surface area contributed by atoms with Gasteiger partial charge < -0.3 is 4.74 Å². The zero-order chi connectivity index (χ0) is 14.1. The Hall–Kier alpha value is -1.35. The lowest BCUT2D eigenvalue weighted by Crippen LogP contribution is -2.09. The first-order valence-corrected chi connectivity index (χ1v) is 7.73. The molecule has 0 radical (unpaired) electrons. The Labute approximate surface area is 126 Å². The van der Waals surface area contributed by atoms with Crippen LogP contribution in [-0.4, -0.2) is 6.61 Å². The molecule has 0 fully saturated rings. The summed E-state index contributed by atoms with van der Waals surface area (Å²) in [6, 6.07) is 11.6. The monoisotopic (exact) mass is 334 g/mol. The number of hydrogen-bond donors (Lipinski definition) is 0. The number of aryl methyl sites for hydroxylation is 2. The number of halogens is 2. The van der Waals surface area contributed by atoms with Gasteiger partial charge in [0.2, 0.25) is 0 Å². The molecule has 3 rings (SSSR count). The van der Waals surface area contributed by atoms with Crippen molar-refractivity contribution < 1.29 is 9.13 Å². The minimum Gasteiger partial charge on any atom is -0.493 e. The molecule has 1 heterocycles. The fourth-order valence-electron chi connectivity index (χ4n) is 2.58. The SMILES string of the molecule is Cc1cccc(C(Br)c2ccc3c(c2)CCCO3)c1F. The van der Waals surface area contributed by atoms with Crippen LogP contribution < -0.4 is 4.74 Å². The zero-order valence-corrected chi connectivity index (χ0v) is 12.9. The zero-order valence-electron chi connectivity index (χ0n) is 11.3. The lowest BCUT2D eigenvalue weighted by molar-refractivity contribution is 0.288. The van der Waals surface area contributed by atoms with E-state index in [0.717, 1.165) is 30.8 Å². The van der Waals surface area contributed by atoms with E-state index in [0.29, 0.717) is 11.1 Å². The third-order valence-electron chi connectivity index (χ3n) is 3.72. The van der Waals surface area contributed by atoms with Crippen LogP contribution in [0.4, 0.5) is 4.39 Å². The average Bonchev–Trinajstić information content (AvgIpc) is 2.49. The summed E-state index contributed by atoms with van der Waals surface area (Å²) >= 11 is 3.63. The van der Waals surface area contributed by atoms with Gasteiger partial charge >= 0.3 is 0 Å². The Bertz CT molecular complexity index is 639. The van der Waals surface area contributed by atoms with Crippen LogP contribution in [0.25, 0.3) is 0 Å². The molecule has 0 N–H and O–H groups in total. The maximum atomic E-state index is 14.2. The van der Waals surface area contributed by atoms with Crippen molar-refractivity contribution in [1.29, 1.82) is 0 Å². The molecule has 0 spiro atoms. The van der Waals surface area contributed by atoms with Crippen LogP contribution in [0.5, 0.6) is 5.75 Å². The van der Waals surface area contributed by atoms with Gasteiger partial charge in [-0.3, -0.25) is 0 Å². The van der Waals surface area contributed by atoms with Crippen LogP contribution in [-0.2, 0) is 6.42 Å². The van der Waals surface area contributed by atoms with Gasteiger partial charge in [-0.15, -0.1) is 0 Å². The van der Waals surface area contributed by atoms with Crippen molar-refractivity contribution in [2.75, 3.05) is 6.61 Å². The van der Waals surface area contributed by atoms with E-state index in [9.17, 15) is 4.39 Å². The molecule has 1 aliphatic heterocycles. The lowest BCUT2D eigenvalue weighted by atomic mass is 9.98. The molecular formula is C17H16BrFO. The maximum absolute atomic E-state index is 14.2. The van der Waals surface area contributed by atoms with Crippen LogP contribution >= 0.6 is 15.9 Å². The van der Waals surface area contributed by atoms with E-state index in [1.54, 1.807) is 13.0 Å². The van der Waals surface area contributed by atoms with E-state index in [-0.39, 0.29) is 10.6 Å². The van der Waals surface area contributed by atoms with Gasteiger partial charge in [0, 0.05) is 5.56 Å². The van der Waals surface area contributed by atoms with E-state index in [1.165, 1.54) is 5.56 Å². The first-order chi connectivity index (χ1) is 9.66. The second-order valence-corrected chi connectivity index (χ2v) is 6.08. The molecule has 1 atom stereocenters. The highest BCUT2D eigenvalue weighted by Crippen LogP contribution is 2.36. The molecule has 0 saturated carbocycles. The highest BCUT2D eigenvalue weighted by Gasteiger charge is 2.18. The van der Waals surface area contributed by atoms with Gasteiger partial charge in [-0.05, 0) is 42.5 Å². The Morgan fingerprint density at radius 1 is 1.25 bits per heavy atom. The van der Waals surface area contributed by atoms with Crippen molar-refractivity contribution in [3.05, 3.63) is 64.5 Å². The predicted molar refractivity (Wildman–Crippen MR) is 82.2 cm³/mol. The summed E-state index contributed by atoms with van der Waals surface area (Å²) in [5.74, 6) is 0.827. The number of hydrogen-bond acceptors (Lipinski definition) is 1. The third kappa shape index (κ3) is 2.47. The van der Waals surface area contributed by atoms with Crippen molar-refractivity contribution in [3.8, 4) is 5.75 Å². The quantitative estimate of drug-likeness (QED) is 0.706. The van der Waals surface area contributed by atoms with Crippen LogP contribution in [0.15, 0.2) is 36.4 Å². The number of fused-ring (bicyclic) bond motifs is 1. The molecule has 0 saturated heterocycles. The first kappa shape index (κ1) is 13.6. The molecule has 2 aromatic rings. The van der Waals surface area contributed by atoms with Gasteiger partial charge in [-0.25, -0.2) is 4.39 Å². The molecule has 2 aromatic carbocycles. The highest BCUT2D eigenvalue weighted by atomic mass is 79.9. The normalized spacial score (nSPS) is 15.3. The Balaban J connectivity index is 1.98. The highest BCUT2D eigenvalue weighted by molar-refractivity contribution is 9.09. The smallest absolute Gasteiger partial charge is 0.130 e. The van der Waals surface area contributed by atoms with Gasteiger partial charge in [0.15, 0.2) is 0 Å². The second kappa shape index (κ2) is 5.57. The Morgan fingerprint density at radius 2 is 2.10 bits per heavy atom. The molecule has 0 aromatic heterocycles. The van der Waals surface area contributed by atoms with Gasteiger partial charge in [0.25, 0.3) is 0 Å². The summed E-state index contributed by atoms with van der Waals surface area (Å²) in [6.07, 6.45) is 2.07. The fourth-order valence-corrected chi connectivity index (χ4v) is 3.22. The van der Waals surface area contributed by atoms with E-state index < -0.39 is 0 Å². The van der Waals surface area contributed by atoms with Gasteiger partial charge in [0.05, 0.1) is 11.4 Å². The predicted octanol–water partition coefficient (Wildman–Crippen LogP) is 4.94. The van der Waals surface area contributed by atoms with Crippen LogP contribution in [0.1, 0.15) is 33.5 Å². The summed E-state index contributed by atoms with van der Waals surface area (Å²) < 4.78 is 19.8. The molecule has 1 nitrogen and oxygen atoms in total. The topological polar surface area (TPSA) is 9.23 Å². The molecule has 1 unspecified atom stereocenters. The van der Waals surface area contributed by atoms with Crippen molar-refractivity contribution in [2.24, 2.45) is 0 Å². The molecule has 20 heavy (non-hydrogen) atoms. The second-order valence-electron chi connectivity index (χ2n) is 5.16. The molecule has 1 aliphatic rings. The van der Waals surface area contributed by atoms with Crippen molar-refractivity contribution in [1.82, 2.24) is 0 Å². The molecule has 3 heteroatoms. The summed E-state index contributed by atoms with van der Waals surface area (Å²) in [5.41, 5.74) is 3.64. The molecule has 0 amide bonds. The van der Waals surface area contributed by atoms with E-state index >= 15 is 0 Å². The summed E-state index contributed by atoms with van der Waals surface area (Å²) in [7, 11) is 0. The Kier molecular flexibility index (Phi) is 3.79. The molecule has 0 bridgehead atoms. The standard InChI is InChI=1S/C17H16BrFO/c1-11-4-2-6-14(17(11)19)16(18)13-7-8-15-12(10-13)5-3-9-20-15/h2,4,6-8,10,16H,3,5,9H2,1H3.